The number of piperazine rings is 1. The molecule has 0 saturated carbocycles. The molecule has 150 valence electrons. The molecule has 2 aromatic rings. The van der Waals surface area contributed by atoms with Gasteiger partial charge in [-0.1, -0.05) is 29.8 Å². The zero-order valence-corrected chi connectivity index (χ0v) is 16.7. The summed E-state index contributed by atoms with van der Waals surface area (Å²) in [5.74, 6) is 0.708. The summed E-state index contributed by atoms with van der Waals surface area (Å²) in [6.45, 7) is 3.91. The first-order valence-corrected chi connectivity index (χ1v) is 10.1. The quantitative estimate of drug-likeness (QED) is 0.670. The lowest BCUT2D eigenvalue weighted by Gasteiger charge is -2.35. The minimum atomic E-state index is -4.48. The lowest BCUT2D eigenvalue weighted by atomic mass is 10.2. The molecule has 0 atom stereocenters. The summed E-state index contributed by atoms with van der Waals surface area (Å²) in [5.41, 5.74) is 0.261. The zero-order valence-electron chi connectivity index (χ0n) is 15.2. The van der Waals surface area contributed by atoms with E-state index >= 15 is 0 Å². The molecule has 4 nitrogen and oxygen atoms in total. The van der Waals surface area contributed by atoms with Gasteiger partial charge in [0.15, 0.2) is 0 Å². The predicted octanol–water partition coefficient (Wildman–Crippen LogP) is 4.50. The second kappa shape index (κ2) is 8.61. The number of pyridine rings is 1. The number of nitrogens with zero attached hydrogens (tertiary/aromatic N) is 3. The van der Waals surface area contributed by atoms with Gasteiger partial charge in [0.05, 0.1) is 16.3 Å². The van der Waals surface area contributed by atoms with E-state index in [1.165, 1.54) is 11.8 Å². The van der Waals surface area contributed by atoms with Crippen LogP contribution in [-0.4, -0.2) is 47.7 Å². The highest BCUT2D eigenvalue weighted by atomic mass is 35.5. The number of rotatable bonds is 4. The molecule has 9 heteroatoms. The summed E-state index contributed by atoms with van der Waals surface area (Å²) in [4.78, 5) is 21.0. The molecule has 2 heterocycles. The van der Waals surface area contributed by atoms with Crippen LogP contribution in [-0.2, 0) is 11.0 Å². The van der Waals surface area contributed by atoms with Crippen LogP contribution in [0.2, 0.25) is 5.02 Å². The number of aryl methyl sites for hydroxylation is 1. The monoisotopic (exact) mass is 429 g/mol. The number of aromatic nitrogens is 1. The molecule has 1 fully saturated rings. The van der Waals surface area contributed by atoms with E-state index in [0.717, 1.165) is 22.7 Å². The van der Waals surface area contributed by atoms with Crippen molar-refractivity contribution in [2.75, 3.05) is 36.8 Å². The predicted molar refractivity (Wildman–Crippen MR) is 105 cm³/mol. The van der Waals surface area contributed by atoms with E-state index in [4.69, 9.17) is 11.6 Å². The van der Waals surface area contributed by atoms with Crippen molar-refractivity contribution in [1.82, 2.24) is 9.88 Å². The normalized spacial score (nSPS) is 15.0. The summed E-state index contributed by atoms with van der Waals surface area (Å²) < 4.78 is 38.2. The number of alkyl halides is 3. The molecule has 1 saturated heterocycles. The first kappa shape index (κ1) is 20.8. The fraction of sp³-hybridized carbons (Fsp3) is 0.368. The average Bonchev–Trinajstić information content (AvgIpc) is 2.66. The van der Waals surface area contributed by atoms with E-state index in [1.54, 1.807) is 9.80 Å². The minimum Gasteiger partial charge on any atom is -0.352 e. The third kappa shape index (κ3) is 4.91. The fourth-order valence-electron chi connectivity index (χ4n) is 2.94. The summed E-state index contributed by atoms with van der Waals surface area (Å²) >= 11 is 7.52. The first-order valence-electron chi connectivity index (χ1n) is 8.69. The average molecular weight is 430 g/mol. The number of hydrogen-bond donors (Lipinski definition) is 0. The maximum atomic E-state index is 12.7. The van der Waals surface area contributed by atoms with Gasteiger partial charge < -0.3 is 9.80 Å². The molecule has 28 heavy (non-hydrogen) atoms. The van der Waals surface area contributed by atoms with Gasteiger partial charge >= 0.3 is 6.18 Å². The lowest BCUT2D eigenvalue weighted by molar-refractivity contribution is -0.137. The maximum Gasteiger partial charge on any atom is 0.417 e. The highest BCUT2D eigenvalue weighted by Gasteiger charge is 2.32. The molecular weight excluding hydrogens is 411 g/mol. The lowest BCUT2D eigenvalue weighted by Crippen LogP contribution is -2.49. The summed E-state index contributed by atoms with van der Waals surface area (Å²) in [5, 5.41) is -0.0373. The molecule has 1 aromatic carbocycles. The van der Waals surface area contributed by atoms with E-state index in [0.29, 0.717) is 37.7 Å². The molecule has 1 aliphatic heterocycles. The van der Waals surface area contributed by atoms with Crippen molar-refractivity contribution >= 4 is 35.1 Å². The topological polar surface area (TPSA) is 36.4 Å². The van der Waals surface area contributed by atoms with Crippen LogP contribution in [0.3, 0.4) is 0 Å². The van der Waals surface area contributed by atoms with E-state index in [9.17, 15) is 18.0 Å². The Hall–Kier alpha value is -1.93. The second-order valence-corrected chi connectivity index (χ2v) is 7.87. The van der Waals surface area contributed by atoms with Crippen molar-refractivity contribution in [3.8, 4) is 0 Å². The molecule has 0 spiro atoms. The van der Waals surface area contributed by atoms with Crippen molar-refractivity contribution in [2.45, 2.75) is 18.0 Å². The van der Waals surface area contributed by atoms with Gasteiger partial charge in [0, 0.05) is 37.3 Å². The van der Waals surface area contributed by atoms with Gasteiger partial charge in [-0.25, -0.2) is 4.98 Å². The van der Waals surface area contributed by atoms with Gasteiger partial charge in [0.1, 0.15) is 5.82 Å². The summed E-state index contributed by atoms with van der Waals surface area (Å²) in [7, 11) is 0. The Balaban J connectivity index is 1.55. The molecule has 0 radical (unpaired) electrons. The Kier molecular flexibility index (Phi) is 6.40. The number of carbonyl (C=O) groups is 1. The van der Waals surface area contributed by atoms with E-state index in [1.807, 2.05) is 31.2 Å². The largest absolute Gasteiger partial charge is 0.417 e. The molecule has 3 rings (SSSR count). The Morgan fingerprint density at radius 1 is 1.21 bits per heavy atom. The third-order valence-corrected chi connectivity index (χ3v) is 5.96. The van der Waals surface area contributed by atoms with Gasteiger partial charge in [-0.2, -0.15) is 13.2 Å². The van der Waals surface area contributed by atoms with Crippen LogP contribution in [0.1, 0.15) is 11.1 Å². The van der Waals surface area contributed by atoms with Crippen molar-refractivity contribution in [3.63, 3.8) is 0 Å². The standard InChI is InChI=1S/C19H19ClF3N3OS/c1-13-4-2-3-5-16(13)28-12-17(27)25-6-8-26(9-7-25)18-15(20)10-14(11-24-18)19(21,22)23/h2-5,10-11H,6-9,12H2,1H3. The number of thioether (sulfide) groups is 1. The molecule has 1 aliphatic rings. The smallest absolute Gasteiger partial charge is 0.352 e. The van der Waals surface area contributed by atoms with Crippen molar-refractivity contribution in [2.24, 2.45) is 0 Å². The molecule has 1 aromatic heterocycles. The number of benzene rings is 1. The van der Waals surface area contributed by atoms with Crippen LogP contribution in [0.15, 0.2) is 41.4 Å². The van der Waals surface area contributed by atoms with E-state index < -0.39 is 11.7 Å². The van der Waals surface area contributed by atoms with E-state index in [2.05, 4.69) is 4.98 Å². The number of halogens is 4. The number of anilines is 1. The molecular formula is C19H19ClF3N3OS. The Morgan fingerprint density at radius 2 is 1.89 bits per heavy atom. The van der Waals surface area contributed by atoms with Crippen LogP contribution in [0.4, 0.5) is 19.0 Å². The molecule has 1 amide bonds. The minimum absolute atomic E-state index is 0.0373. The number of amides is 1. The van der Waals surface area contributed by atoms with Crippen LogP contribution in [0, 0.1) is 6.92 Å². The van der Waals surface area contributed by atoms with Crippen LogP contribution in [0.25, 0.3) is 0 Å². The first-order chi connectivity index (χ1) is 13.3. The van der Waals surface area contributed by atoms with Crippen molar-refractivity contribution in [1.29, 1.82) is 0 Å². The highest BCUT2D eigenvalue weighted by Crippen LogP contribution is 2.33. The SMILES string of the molecule is Cc1ccccc1SCC(=O)N1CCN(c2ncc(C(F)(F)F)cc2Cl)CC1. The summed E-state index contributed by atoms with van der Waals surface area (Å²) in [6.07, 6.45) is -3.69. The Labute approximate surface area is 170 Å². The van der Waals surface area contributed by atoms with Crippen molar-refractivity contribution in [3.05, 3.63) is 52.7 Å². The molecule has 0 unspecified atom stereocenters. The van der Waals surface area contributed by atoms with Crippen molar-refractivity contribution < 1.29 is 18.0 Å². The Bertz CT molecular complexity index is 855. The number of hydrogen-bond acceptors (Lipinski definition) is 4. The molecule has 0 N–H and O–H groups in total. The van der Waals surface area contributed by atoms with Gasteiger partial charge in [-0.15, -0.1) is 11.8 Å². The fourth-order valence-corrected chi connectivity index (χ4v) is 4.15. The van der Waals surface area contributed by atoms with Gasteiger partial charge in [0.25, 0.3) is 0 Å². The van der Waals surface area contributed by atoms with Crippen LogP contribution < -0.4 is 4.90 Å². The van der Waals surface area contributed by atoms with Gasteiger partial charge in [-0.05, 0) is 24.6 Å². The summed E-state index contributed by atoms with van der Waals surface area (Å²) in [6, 6.07) is 8.79. The maximum absolute atomic E-state index is 12.7. The third-order valence-electron chi connectivity index (χ3n) is 4.53. The number of carbonyl (C=O) groups excluding carboxylic acids is 1. The highest BCUT2D eigenvalue weighted by molar-refractivity contribution is 8.00. The Morgan fingerprint density at radius 3 is 2.50 bits per heavy atom. The van der Waals surface area contributed by atoms with Gasteiger partial charge in [0.2, 0.25) is 5.91 Å². The van der Waals surface area contributed by atoms with E-state index in [-0.39, 0.29) is 10.9 Å². The van der Waals surface area contributed by atoms with Crippen LogP contribution >= 0.6 is 23.4 Å². The molecule has 0 bridgehead atoms. The molecule has 0 aliphatic carbocycles. The second-order valence-electron chi connectivity index (χ2n) is 6.45. The van der Waals surface area contributed by atoms with Crippen LogP contribution in [0.5, 0.6) is 0 Å². The van der Waals surface area contributed by atoms with Gasteiger partial charge in [-0.3, -0.25) is 4.79 Å². The zero-order chi connectivity index (χ0) is 20.3.